The minimum Gasteiger partial charge on any atom is -0.469 e. The summed E-state index contributed by atoms with van der Waals surface area (Å²) in [6, 6.07) is 0. The summed E-state index contributed by atoms with van der Waals surface area (Å²) in [5.41, 5.74) is 1.70. The second kappa shape index (κ2) is 6.12. The lowest BCUT2D eigenvalue weighted by Gasteiger charge is -2.16. The molecule has 0 unspecified atom stereocenters. The normalized spacial score (nSPS) is 10.1. The first-order chi connectivity index (χ1) is 8.04. The van der Waals surface area contributed by atoms with Crippen molar-refractivity contribution < 1.29 is 9.53 Å². The van der Waals surface area contributed by atoms with Gasteiger partial charge in [0.1, 0.15) is 0 Å². The van der Waals surface area contributed by atoms with Crippen LogP contribution in [0.15, 0.2) is 0 Å². The van der Waals surface area contributed by atoms with Gasteiger partial charge in [0, 0.05) is 20.0 Å². The molecule has 1 heterocycles. The number of methoxy groups -OCH3 is 1. The van der Waals surface area contributed by atoms with E-state index in [4.69, 9.17) is 0 Å². The van der Waals surface area contributed by atoms with Crippen LogP contribution < -0.4 is 4.90 Å². The smallest absolute Gasteiger partial charge is 0.305 e. The van der Waals surface area contributed by atoms with Crippen molar-refractivity contribution >= 4 is 11.9 Å². The maximum atomic E-state index is 10.9. The summed E-state index contributed by atoms with van der Waals surface area (Å²) >= 11 is 0. The Morgan fingerprint density at radius 1 is 1.29 bits per heavy atom. The van der Waals surface area contributed by atoms with Crippen LogP contribution in [0.5, 0.6) is 0 Å². The third kappa shape index (κ3) is 3.97. The van der Waals surface area contributed by atoms with Gasteiger partial charge in [-0.3, -0.25) is 4.79 Å². The Bertz CT molecular complexity index is 395. The average Bonchev–Trinajstić information content (AvgIpc) is 2.32. The second-order valence-electron chi connectivity index (χ2n) is 3.88. The first-order valence-corrected chi connectivity index (χ1v) is 5.50. The van der Waals surface area contributed by atoms with Crippen molar-refractivity contribution in [3.8, 4) is 0 Å². The first kappa shape index (κ1) is 13.3. The van der Waals surface area contributed by atoms with E-state index in [9.17, 15) is 4.79 Å². The second-order valence-corrected chi connectivity index (χ2v) is 3.88. The molecular formula is C11H18N4O2. The number of esters is 1. The zero-order chi connectivity index (χ0) is 12.8. The number of rotatable bonds is 5. The Hall–Kier alpha value is -1.72. The third-order valence-corrected chi connectivity index (χ3v) is 2.52. The summed E-state index contributed by atoms with van der Waals surface area (Å²) in [5.74, 6) is 0.385. The van der Waals surface area contributed by atoms with Crippen molar-refractivity contribution in [2.75, 3.05) is 25.6 Å². The lowest BCUT2D eigenvalue weighted by molar-refractivity contribution is -0.140. The molecule has 0 atom stereocenters. The van der Waals surface area contributed by atoms with Crippen LogP contribution in [-0.2, 0) is 9.53 Å². The Kier molecular flexibility index (Phi) is 4.81. The van der Waals surface area contributed by atoms with Gasteiger partial charge in [-0.1, -0.05) is 0 Å². The Balaban J connectivity index is 2.49. The predicted molar refractivity (Wildman–Crippen MR) is 63.8 cm³/mol. The molecule has 0 saturated heterocycles. The van der Waals surface area contributed by atoms with Crippen LogP contribution in [-0.4, -0.2) is 41.9 Å². The highest BCUT2D eigenvalue weighted by Crippen LogP contribution is 2.07. The topological polar surface area (TPSA) is 68.2 Å². The first-order valence-electron chi connectivity index (χ1n) is 5.50. The molecule has 0 N–H and O–H groups in total. The number of aromatic nitrogens is 3. The van der Waals surface area contributed by atoms with Crippen LogP contribution in [0.25, 0.3) is 0 Å². The number of carbonyl (C=O) groups excluding carboxylic acids is 1. The standard InChI is InChI=1S/C11H18N4O2/c1-8-9(2)13-14-11(12-8)15(3)7-5-6-10(16)17-4/h5-7H2,1-4H3. The summed E-state index contributed by atoms with van der Waals surface area (Å²) < 4.78 is 4.57. The number of carbonyl (C=O) groups is 1. The molecule has 1 rings (SSSR count). The molecule has 0 radical (unpaired) electrons. The Morgan fingerprint density at radius 3 is 2.59 bits per heavy atom. The summed E-state index contributed by atoms with van der Waals surface area (Å²) in [6.45, 7) is 4.46. The van der Waals surface area contributed by atoms with Crippen LogP contribution in [0.1, 0.15) is 24.2 Å². The van der Waals surface area contributed by atoms with Crippen molar-refractivity contribution in [2.45, 2.75) is 26.7 Å². The molecule has 6 nitrogen and oxygen atoms in total. The van der Waals surface area contributed by atoms with Gasteiger partial charge in [-0.05, 0) is 20.3 Å². The van der Waals surface area contributed by atoms with Crippen LogP contribution in [0, 0.1) is 13.8 Å². The van der Waals surface area contributed by atoms with Crippen molar-refractivity contribution in [1.29, 1.82) is 0 Å². The molecule has 0 saturated carbocycles. The van der Waals surface area contributed by atoms with E-state index in [2.05, 4.69) is 19.9 Å². The SMILES string of the molecule is COC(=O)CCCN(C)c1nnc(C)c(C)n1. The summed E-state index contributed by atoms with van der Waals surface area (Å²) in [4.78, 5) is 17.1. The van der Waals surface area contributed by atoms with E-state index >= 15 is 0 Å². The van der Waals surface area contributed by atoms with Crippen LogP contribution in [0.2, 0.25) is 0 Å². The third-order valence-electron chi connectivity index (χ3n) is 2.52. The molecule has 1 aromatic rings. The Morgan fingerprint density at radius 2 is 2.00 bits per heavy atom. The van der Waals surface area contributed by atoms with E-state index in [1.165, 1.54) is 7.11 Å². The summed E-state index contributed by atoms with van der Waals surface area (Å²) in [7, 11) is 3.27. The molecule has 0 fully saturated rings. The highest BCUT2D eigenvalue weighted by molar-refractivity contribution is 5.69. The molecule has 0 aromatic carbocycles. The number of anilines is 1. The van der Waals surface area contributed by atoms with Crippen LogP contribution >= 0.6 is 0 Å². The molecule has 0 spiro atoms. The van der Waals surface area contributed by atoms with E-state index in [-0.39, 0.29) is 5.97 Å². The van der Waals surface area contributed by atoms with Crippen molar-refractivity contribution in [1.82, 2.24) is 15.2 Å². The van der Waals surface area contributed by atoms with Crippen LogP contribution in [0.4, 0.5) is 5.95 Å². The van der Waals surface area contributed by atoms with E-state index in [0.717, 1.165) is 11.4 Å². The molecule has 0 bridgehead atoms. The van der Waals surface area contributed by atoms with Crippen LogP contribution in [0.3, 0.4) is 0 Å². The van der Waals surface area contributed by atoms with Gasteiger partial charge >= 0.3 is 5.97 Å². The van der Waals surface area contributed by atoms with E-state index in [0.29, 0.717) is 25.3 Å². The van der Waals surface area contributed by atoms with Crippen molar-refractivity contribution in [3.63, 3.8) is 0 Å². The molecule has 0 aliphatic rings. The molecule has 0 aliphatic carbocycles. The van der Waals surface area contributed by atoms with Gasteiger partial charge in [-0.15, -0.1) is 5.10 Å². The maximum Gasteiger partial charge on any atom is 0.305 e. The minimum atomic E-state index is -0.197. The van der Waals surface area contributed by atoms with Gasteiger partial charge in [0.2, 0.25) is 5.95 Å². The van der Waals surface area contributed by atoms with Gasteiger partial charge in [0.25, 0.3) is 0 Å². The van der Waals surface area contributed by atoms with E-state index in [1.54, 1.807) is 0 Å². The minimum absolute atomic E-state index is 0.197. The van der Waals surface area contributed by atoms with E-state index in [1.807, 2.05) is 25.8 Å². The van der Waals surface area contributed by atoms with Gasteiger partial charge in [-0.25, -0.2) is 4.98 Å². The fourth-order valence-electron chi connectivity index (χ4n) is 1.27. The maximum absolute atomic E-state index is 10.9. The Labute approximate surface area is 101 Å². The number of aryl methyl sites for hydroxylation is 2. The lowest BCUT2D eigenvalue weighted by atomic mass is 10.3. The van der Waals surface area contributed by atoms with Crippen molar-refractivity contribution in [2.24, 2.45) is 0 Å². The molecular weight excluding hydrogens is 220 g/mol. The summed E-state index contributed by atoms with van der Waals surface area (Å²) in [6.07, 6.45) is 1.11. The highest BCUT2D eigenvalue weighted by atomic mass is 16.5. The molecule has 94 valence electrons. The average molecular weight is 238 g/mol. The summed E-state index contributed by atoms with van der Waals surface area (Å²) in [5, 5.41) is 8.02. The molecule has 17 heavy (non-hydrogen) atoms. The van der Waals surface area contributed by atoms with Gasteiger partial charge in [-0.2, -0.15) is 5.10 Å². The number of hydrogen-bond donors (Lipinski definition) is 0. The zero-order valence-corrected chi connectivity index (χ0v) is 10.7. The zero-order valence-electron chi connectivity index (χ0n) is 10.7. The fraction of sp³-hybridized carbons (Fsp3) is 0.636. The number of hydrogen-bond acceptors (Lipinski definition) is 6. The lowest BCUT2D eigenvalue weighted by Crippen LogP contribution is -2.22. The molecule has 1 aromatic heterocycles. The van der Waals surface area contributed by atoms with Gasteiger partial charge < -0.3 is 9.64 Å². The fourth-order valence-corrected chi connectivity index (χ4v) is 1.27. The van der Waals surface area contributed by atoms with Crippen molar-refractivity contribution in [3.05, 3.63) is 11.4 Å². The molecule has 0 aliphatic heterocycles. The quantitative estimate of drug-likeness (QED) is 0.709. The van der Waals surface area contributed by atoms with Gasteiger partial charge in [0.15, 0.2) is 0 Å². The molecule has 6 heteroatoms. The number of nitrogens with zero attached hydrogens (tertiary/aromatic N) is 4. The highest BCUT2D eigenvalue weighted by Gasteiger charge is 2.08. The largest absolute Gasteiger partial charge is 0.469 e. The monoisotopic (exact) mass is 238 g/mol. The van der Waals surface area contributed by atoms with E-state index < -0.39 is 0 Å². The number of ether oxygens (including phenoxy) is 1. The predicted octanol–water partition coefficient (Wildman–Crippen LogP) is 0.878. The molecule has 0 amide bonds. The van der Waals surface area contributed by atoms with Gasteiger partial charge in [0.05, 0.1) is 18.5 Å².